The minimum atomic E-state index is -0.887. The van der Waals surface area contributed by atoms with Crippen LogP contribution in [0.2, 0.25) is 5.02 Å². The summed E-state index contributed by atoms with van der Waals surface area (Å²) in [5.41, 5.74) is 5.10. The largest absolute Gasteiger partial charge is 0.488 e. The molecular formula is C24H20ClNO3. The van der Waals surface area contributed by atoms with Gasteiger partial charge in [-0.25, -0.2) is 0 Å². The highest BCUT2D eigenvalue weighted by Gasteiger charge is 2.20. The Morgan fingerprint density at radius 3 is 2.52 bits per heavy atom. The highest BCUT2D eigenvalue weighted by Crippen LogP contribution is 2.38. The van der Waals surface area contributed by atoms with Crippen molar-refractivity contribution in [1.82, 2.24) is 4.98 Å². The number of nitrogens with one attached hydrogen (secondary N) is 1. The number of aromatic nitrogens is 1. The van der Waals surface area contributed by atoms with E-state index in [0.717, 1.165) is 38.9 Å². The third-order valence-electron chi connectivity index (χ3n) is 5.00. The van der Waals surface area contributed by atoms with Gasteiger partial charge >= 0.3 is 5.97 Å². The third-order valence-corrected chi connectivity index (χ3v) is 5.41. The van der Waals surface area contributed by atoms with E-state index in [-0.39, 0.29) is 6.42 Å². The van der Waals surface area contributed by atoms with E-state index in [1.807, 2.05) is 67.6 Å². The first-order chi connectivity index (χ1) is 14.0. The SMILES string of the molecule is Cc1c(Cl)ccc2c(CC(=O)O)c(-c3ccccc3OCc3ccccc3)[nH]c12. The van der Waals surface area contributed by atoms with Gasteiger partial charge in [0.2, 0.25) is 0 Å². The average molecular weight is 406 g/mol. The van der Waals surface area contributed by atoms with Gasteiger partial charge in [0, 0.05) is 16.0 Å². The van der Waals surface area contributed by atoms with E-state index in [1.165, 1.54) is 0 Å². The molecule has 0 amide bonds. The standard InChI is InChI=1S/C24H20ClNO3/c1-15-20(25)12-11-17-19(13-22(27)28)24(26-23(15)17)18-9-5-6-10-21(18)29-14-16-7-3-2-4-8-16/h2-12,26H,13-14H2,1H3,(H,27,28). The zero-order valence-corrected chi connectivity index (χ0v) is 16.7. The van der Waals surface area contributed by atoms with Crippen molar-refractivity contribution >= 4 is 28.5 Å². The molecule has 0 saturated heterocycles. The zero-order valence-electron chi connectivity index (χ0n) is 15.9. The lowest BCUT2D eigenvalue weighted by atomic mass is 10.0. The number of aromatic amines is 1. The van der Waals surface area contributed by atoms with Crippen molar-refractivity contribution in [2.75, 3.05) is 0 Å². The Labute approximate surface area is 173 Å². The Balaban J connectivity index is 1.82. The fraction of sp³-hybridized carbons (Fsp3) is 0.125. The van der Waals surface area contributed by atoms with Crippen LogP contribution < -0.4 is 4.74 Å². The van der Waals surface area contributed by atoms with Crippen molar-refractivity contribution < 1.29 is 14.6 Å². The van der Waals surface area contributed by atoms with Crippen molar-refractivity contribution in [2.24, 2.45) is 0 Å². The Kier molecular flexibility index (Phi) is 5.28. The van der Waals surface area contributed by atoms with E-state index >= 15 is 0 Å². The summed E-state index contributed by atoms with van der Waals surface area (Å²) in [6.45, 7) is 2.35. The molecule has 4 rings (SSSR count). The van der Waals surface area contributed by atoms with E-state index in [2.05, 4.69) is 4.98 Å². The Morgan fingerprint density at radius 1 is 1.03 bits per heavy atom. The van der Waals surface area contributed by atoms with E-state index in [9.17, 15) is 9.90 Å². The summed E-state index contributed by atoms with van der Waals surface area (Å²) < 4.78 is 6.09. The number of benzene rings is 3. The summed E-state index contributed by atoms with van der Waals surface area (Å²) in [4.78, 5) is 15.0. The quantitative estimate of drug-likeness (QED) is 0.413. The second kappa shape index (κ2) is 8.02. The monoisotopic (exact) mass is 405 g/mol. The minimum absolute atomic E-state index is 0.0938. The molecule has 0 saturated carbocycles. The number of carbonyl (C=O) groups is 1. The van der Waals surface area contributed by atoms with Crippen LogP contribution in [0.5, 0.6) is 5.75 Å². The maximum absolute atomic E-state index is 11.6. The molecule has 0 aliphatic heterocycles. The number of rotatable bonds is 6. The lowest BCUT2D eigenvalue weighted by molar-refractivity contribution is -0.136. The first-order valence-corrected chi connectivity index (χ1v) is 9.70. The highest BCUT2D eigenvalue weighted by atomic mass is 35.5. The Bertz CT molecular complexity index is 1180. The van der Waals surface area contributed by atoms with Crippen LogP contribution in [0.3, 0.4) is 0 Å². The molecule has 0 bridgehead atoms. The predicted molar refractivity (Wildman–Crippen MR) is 116 cm³/mol. The topological polar surface area (TPSA) is 62.3 Å². The van der Waals surface area contributed by atoms with Crippen molar-refractivity contribution in [3.05, 3.63) is 88.4 Å². The summed E-state index contributed by atoms with van der Waals surface area (Å²) in [5.74, 6) is -0.194. The Hall–Kier alpha value is -3.24. The fourth-order valence-corrected chi connectivity index (χ4v) is 3.69. The number of hydrogen-bond donors (Lipinski definition) is 2. The molecule has 4 nitrogen and oxygen atoms in total. The van der Waals surface area contributed by atoms with Gasteiger partial charge in [0.25, 0.3) is 0 Å². The first kappa shape index (κ1) is 19.1. The summed E-state index contributed by atoms with van der Waals surface area (Å²) >= 11 is 6.29. The third kappa shape index (κ3) is 3.84. The van der Waals surface area contributed by atoms with Gasteiger partial charge in [-0.2, -0.15) is 0 Å². The van der Waals surface area contributed by atoms with Crippen LogP contribution in [-0.4, -0.2) is 16.1 Å². The van der Waals surface area contributed by atoms with Crippen molar-refractivity contribution in [3.63, 3.8) is 0 Å². The summed E-state index contributed by atoms with van der Waals surface area (Å²) in [6, 6.07) is 21.3. The summed E-state index contributed by atoms with van der Waals surface area (Å²) in [7, 11) is 0. The van der Waals surface area contributed by atoms with Crippen molar-refractivity contribution in [3.8, 4) is 17.0 Å². The number of halogens is 1. The number of fused-ring (bicyclic) bond motifs is 1. The molecule has 2 N–H and O–H groups in total. The smallest absolute Gasteiger partial charge is 0.307 e. The van der Waals surface area contributed by atoms with Gasteiger partial charge in [-0.1, -0.05) is 60.1 Å². The molecule has 0 aliphatic rings. The molecular weight excluding hydrogens is 386 g/mol. The lowest BCUT2D eigenvalue weighted by Gasteiger charge is -2.12. The van der Waals surface area contributed by atoms with Crippen LogP contribution in [0, 0.1) is 6.92 Å². The van der Waals surface area contributed by atoms with E-state index < -0.39 is 5.97 Å². The lowest BCUT2D eigenvalue weighted by Crippen LogP contribution is -2.02. The first-order valence-electron chi connectivity index (χ1n) is 9.32. The normalized spacial score (nSPS) is 11.0. The van der Waals surface area contributed by atoms with Crippen LogP contribution in [0.1, 0.15) is 16.7 Å². The van der Waals surface area contributed by atoms with Gasteiger partial charge in [0.15, 0.2) is 0 Å². The van der Waals surface area contributed by atoms with Gasteiger partial charge in [0.05, 0.1) is 17.6 Å². The predicted octanol–water partition coefficient (Wildman–Crippen LogP) is 6.00. The highest BCUT2D eigenvalue weighted by molar-refractivity contribution is 6.32. The molecule has 3 aromatic carbocycles. The number of aryl methyl sites for hydroxylation is 1. The molecule has 1 heterocycles. The minimum Gasteiger partial charge on any atom is -0.488 e. The van der Waals surface area contributed by atoms with Gasteiger partial charge < -0.3 is 14.8 Å². The van der Waals surface area contributed by atoms with Crippen LogP contribution in [0.15, 0.2) is 66.7 Å². The van der Waals surface area contributed by atoms with Crippen LogP contribution >= 0.6 is 11.6 Å². The van der Waals surface area contributed by atoms with Crippen LogP contribution in [0.25, 0.3) is 22.2 Å². The van der Waals surface area contributed by atoms with Gasteiger partial charge in [-0.15, -0.1) is 0 Å². The maximum Gasteiger partial charge on any atom is 0.307 e. The Morgan fingerprint density at radius 2 is 1.76 bits per heavy atom. The number of carboxylic acids is 1. The summed E-state index contributed by atoms with van der Waals surface area (Å²) in [5, 5.41) is 11.0. The fourth-order valence-electron chi connectivity index (χ4n) is 3.53. The van der Waals surface area contributed by atoms with Crippen molar-refractivity contribution in [2.45, 2.75) is 20.0 Å². The second-order valence-electron chi connectivity index (χ2n) is 6.91. The van der Waals surface area contributed by atoms with E-state index in [1.54, 1.807) is 6.07 Å². The molecule has 0 radical (unpaired) electrons. The number of H-pyrrole nitrogens is 1. The summed E-state index contributed by atoms with van der Waals surface area (Å²) in [6.07, 6.45) is -0.0938. The van der Waals surface area contributed by atoms with Gasteiger partial charge in [-0.3, -0.25) is 4.79 Å². The van der Waals surface area contributed by atoms with Crippen LogP contribution in [0.4, 0.5) is 0 Å². The molecule has 146 valence electrons. The molecule has 0 unspecified atom stereocenters. The molecule has 0 fully saturated rings. The molecule has 29 heavy (non-hydrogen) atoms. The second-order valence-corrected chi connectivity index (χ2v) is 7.32. The van der Waals surface area contributed by atoms with E-state index in [4.69, 9.17) is 16.3 Å². The van der Waals surface area contributed by atoms with Gasteiger partial charge in [0.1, 0.15) is 12.4 Å². The molecule has 0 atom stereocenters. The number of para-hydroxylation sites is 1. The van der Waals surface area contributed by atoms with E-state index in [0.29, 0.717) is 17.4 Å². The molecule has 1 aromatic heterocycles. The zero-order chi connectivity index (χ0) is 20.4. The number of ether oxygens (including phenoxy) is 1. The molecule has 0 spiro atoms. The maximum atomic E-state index is 11.6. The molecule has 5 heteroatoms. The van der Waals surface area contributed by atoms with Crippen LogP contribution in [-0.2, 0) is 17.8 Å². The number of hydrogen-bond acceptors (Lipinski definition) is 2. The van der Waals surface area contributed by atoms with Crippen molar-refractivity contribution in [1.29, 1.82) is 0 Å². The number of aliphatic carboxylic acids is 1. The van der Waals surface area contributed by atoms with Gasteiger partial charge in [-0.05, 0) is 41.8 Å². The number of carboxylic acid groups (broad SMARTS) is 1. The molecule has 0 aliphatic carbocycles. The molecule has 4 aromatic rings. The average Bonchev–Trinajstić information content (AvgIpc) is 3.08.